The molecule has 1 aromatic rings. The first-order chi connectivity index (χ1) is 12.4. The zero-order chi connectivity index (χ0) is 19.0. The number of para-hydroxylation sites is 1. The van der Waals surface area contributed by atoms with E-state index in [4.69, 9.17) is 9.47 Å². The van der Waals surface area contributed by atoms with E-state index in [0.29, 0.717) is 29.2 Å². The summed E-state index contributed by atoms with van der Waals surface area (Å²) in [6.45, 7) is 4.51. The van der Waals surface area contributed by atoms with Crippen molar-refractivity contribution in [2.75, 3.05) is 27.8 Å². The molecule has 7 heteroatoms. The van der Waals surface area contributed by atoms with Crippen LogP contribution in [0.4, 0.5) is 4.79 Å². The van der Waals surface area contributed by atoms with E-state index in [0.717, 1.165) is 12.1 Å². The number of likely N-dealkylation sites (N-methyl/N-ethyl adjacent to an activating group) is 1. The van der Waals surface area contributed by atoms with Gasteiger partial charge in [-0.25, -0.2) is 4.79 Å². The van der Waals surface area contributed by atoms with E-state index in [9.17, 15) is 9.59 Å². The first kappa shape index (κ1) is 18.1. The monoisotopic (exact) mass is 359 g/mol. The molecule has 3 rings (SSSR count). The molecule has 0 aliphatic carbocycles. The number of hydrogen-bond acceptors (Lipinski definition) is 4. The first-order valence-electron chi connectivity index (χ1n) is 8.73. The van der Waals surface area contributed by atoms with Gasteiger partial charge in [0, 0.05) is 18.7 Å². The molecule has 0 fully saturated rings. The number of benzene rings is 1. The lowest BCUT2D eigenvalue weighted by atomic mass is 9.94. The molecule has 26 heavy (non-hydrogen) atoms. The lowest BCUT2D eigenvalue weighted by Crippen LogP contribution is -2.45. The van der Waals surface area contributed by atoms with Crippen LogP contribution < -0.4 is 14.8 Å². The van der Waals surface area contributed by atoms with Gasteiger partial charge in [-0.1, -0.05) is 19.1 Å². The van der Waals surface area contributed by atoms with Crippen LogP contribution in [-0.2, 0) is 4.79 Å². The molecule has 2 aliphatic heterocycles. The van der Waals surface area contributed by atoms with Crippen molar-refractivity contribution in [3.05, 3.63) is 35.0 Å². The summed E-state index contributed by atoms with van der Waals surface area (Å²) in [5.74, 6) is 1.03. The second kappa shape index (κ2) is 6.90. The largest absolute Gasteiger partial charge is 0.493 e. The summed E-state index contributed by atoms with van der Waals surface area (Å²) in [7, 11) is 4.80. The number of nitrogens with zero attached hydrogens (tertiary/aromatic N) is 2. The van der Waals surface area contributed by atoms with Gasteiger partial charge >= 0.3 is 6.03 Å². The Morgan fingerprint density at radius 3 is 2.62 bits per heavy atom. The maximum absolute atomic E-state index is 13.1. The fourth-order valence-electron chi connectivity index (χ4n) is 3.54. The summed E-state index contributed by atoms with van der Waals surface area (Å²) in [6.07, 6.45) is 0.852. The van der Waals surface area contributed by atoms with E-state index in [1.54, 1.807) is 27.3 Å². The predicted molar refractivity (Wildman–Crippen MR) is 97.1 cm³/mol. The molecule has 2 heterocycles. The average Bonchev–Trinajstić information content (AvgIpc) is 3.01. The molecule has 0 saturated carbocycles. The highest BCUT2D eigenvalue weighted by molar-refractivity contribution is 6.01. The molecular formula is C19H25N3O4. The zero-order valence-corrected chi connectivity index (χ0v) is 15.8. The third-order valence-electron chi connectivity index (χ3n) is 5.26. The molecule has 0 aromatic heterocycles. The molecule has 140 valence electrons. The summed E-state index contributed by atoms with van der Waals surface area (Å²) in [4.78, 5) is 29.0. The predicted octanol–water partition coefficient (Wildman–Crippen LogP) is 2.29. The summed E-state index contributed by atoms with van der Waals surface area (Å²) in [6, 6.07) is 4.76. The minimum absolute atomic E-state index is 0.0453. The van der Waals surface area contributed by atoms with Crippen LogP contribution in [0.1, 0.15) is 31.9 Å². The van der Waals surface area contributed by atoms with Gasteiger partial charge in [0.25, 0.3) is 5.91 Å². The number of carbonyl (C=O) groups is 2. The Morgan fingerprint density at radius 1 is 1.27 bits per heavy atom. The Labute approximate surface area is 153 Å². The molecule has 0 saturated heterocycles. The Balaban J connectivity index is 2.11. The summed E-state index contributed by atoms with van der Waals surface area (Å²) < 4.78 is 10.9. The van der Waals surface area contributed by atoms with Crippen LogP contribution in [0.5, 0.6) is 11.5 Å². The molecule has 1 aromatic carbocycles. The fourth-order valence-corrected chi connectivity index (χ4v) is 3.54. The van der Waals surface area contributed by atoms with Gasteiger partial charge in [-0.2, -0.15) is 0 Å². The van der Waals surface area contributed by atoms with E-state index in [2.05, 4.69) is 5.32 Å². The molecule has 0 spiro atoms. The van der Waals surface area contributed by atoms with Crippen molar-refractivity contribution in [1.29, 1.82) is 0 Å². The topological polar surface area (TPSA) is 71.1 Å². The summed E-state index contributed by atoms with van der Waals surface area (Å²) >= 11 is 0. The van der Waals surface area contributed by atoms with Gasteiger partial charge in [0.1, 0.15) is 0 Å². The molecular weight excluding hydrogens is 334 g/mol. The highest BCUT2D eigenvalue weighted by Gasteiger charge is 2.44. The minimum atomic E-state index is -0.569. The van der Waals surface area contributed by atoms with E-state index in [1.165, 1.54) is 4.90 Å². The van der Waals surface area contributed by atoms with Gasteiger partial charge in [0.2, 0.25) is 0 Å². The second-order valence-electron chi connectivity index (χ2n) is 6.57. The Hall–Kier alpha value is -2.70. The van der Waals surface area contributed by atoms with Crippen molar-refractivity contribution in [2.24, 2.45) is 0 Å². The number of amides is 3. The number of urea groups is 1. The van der Waals surface area contributed by atoms with Crippen LogP contribution in [0.3, 0.4) is 0 Å². The van der Waals surface area contributed by atoms with Crippen LogP contribution in [0.2, 0.25) is 0 Å². The smallest absolute Gasteiger partial charge is 0.322 e. The molecule has 0 unspecified atom stereocenters. The van der Waals surface area contributed by atoms with Gasteiger partial charge < -0.3 is 19.7 Å². The average molecular weight is 359 g/mol. The van der Waals surface area contributed by atoms with E-state index >= 15 is 0 Å². The first-order valence-corrected chi connectivity index (χ1v) is 8.73. The number of rotatable bonds is 5. The number of nitrogens with one attached hydrogen (secondary N) is 1. The number of carbonyl (C=O) groups excluding carboxylic acids is 2. The number of methoxy groups -OCH3 is 2. The maximum atomic E-state index is 13.1. The molecule has 3 amide bonds. The molecule has 7 nitrogen and oxygen atoms in total. The number of ether oxygens (including phenoxy) is 2. The third kappa shape index (κ3) is 2.67. The van der Waals surface area contributed by atoms with Crippen molar-refractivity contribution in [3.8, 4) is 11.5 Å². The van der Waals surface area contributed by atoms with Crippen LogP contribution in [0.25, 0.3) is 0 Å². The van der Waals surface area contributed by atoms with Crippen molar-refractivity contribution in [2.45, 2.75) is 32.4 Å². The SMILES string of the molecule is CC[C@@H](C)N1CC2=C(C1=O)[C@H](c1cccc(OC)c1OC)NC(=O)N2C. The molecule has 2 aliphatic rings. The lowest BCUT2D eigenvalue weighted by molar-refractivity contribution is -0.127. The van der Waals surface area contributed by atoms with Crippen LogP contribution in [0, 0.1) is 0 Å². The molecule has 2 atom stereocenters. The normalized spacial score (nSPS) is 20.9. The van der Waals surface area contributed by atoms with Crippen molar-refractivity contribution < 1.29 is 19.1 Å². The Kier molecular flexibility index (Phi) is 4.80. The standard InChI is InChI=1S/C19H25N3O4/c1-6-11(2)22-10-13-15(18(22)23)16(20-19(24)21(13)3)12-8-7-9-14(25-4)17(12)26-5/h7-9,11,16H,6,10H2,1-5H3,(H,20,24)/t11-,16+/m1/s1. The van der Waals surface area contributed by atoms with Gasteiger partial charge in [-0.15, -0.1) is 0 Å². The zero-order valence-electron chi connectivity index (χ0n) is 15.8. The highest BCUT2D eigenvalue weighted by atomic mass is 16.5. The van der Waals surface area contributed by atoms with Crippen molar-refractivity contribution in [3.63, 3.8) is 0 Å². The molecule has 1 N–H and O–H groups in total. The molecule has 0 radical (unpaired) electrons. The molecule has 0 bridgehead atoms. The van der Waals surface area contributed by atoms with Gasteiger partial charge in [0.05, 0.1) is 38.1 Å². The summed E-state index contributed by atoms with van der Waals surface area (Å²) in [5.41, 5.74) is 2.05. The van der Waals surface area contributed by atoms with E-state index in [1.807, 2.05) is 30.9 Å². The number of hydrogen-bond donors (Lipinski definition) is 1. The highest BCUT2D eigenvalue weighted by Crippen LogP contribution is 2.42. The quantitative estimate of drug-likeness (QED) is 0.876. The fraction of sp³-hybridized carbons (Fsp3) is 0.474. The summed E-state index contributed by atoms with van der Waals surface area (Å²) in [5, 5.41) is 2.93. The maximum Gasteiger partial charge on any atom is 0.322 e. The van der Waals surface area contributed by atoms with Crippen LogP contribution in [-0.4, -0.2) is 55.6 Å². The van der Waals surface area contributed by atoms with Gasteiger partial charge in [-0.3, -0.25) is 9.69 Å². The van der Waals surface area contributed by atoms with Gasteiger partial charge in [-0.05, 0) is 19.4 Å². The lowest BCUT2D eigenvalue weighted by Gasteiger charge is -2.31. The Morgan fingerprint density at radius 2 is 2.00 bits per heavy atom. The third-order valence-corrected chi connectivity index (χ3v) is 5.26. The van der Waals surface area contributed by atoms with Crippen LogP contribution in [0.15, 0.2) is 29.5 Å². The van der Waals surface area contributed by atoms with Gasteiger partial charge in [0.15, 0.2) is 11.5 Å². The minimum Gasteiger partial charge on any atom is -0.493 e. The second-order valence-corrected chi connectivity index (χ2v) is 6.57. The Bertz CT molecular complexity index is 774. The van der Waals surface area contributed by atoms with Crippen molar-refractivity contribution in [1.82, 2.24) is 15.1 Å². The van der Waals surface area contributed by atoms with Crippen molar-refractivity contribution >= 4 is 11.9 Å². The van der Waals surface area contributed by atoms with Crippen LogP contribution >= 0.6 is 0 Å². The van der Waals surface area contributed by atoms with E-state index in [-0.39, 0.29) is 18.0 Å². The van der Waals surface area contributed by atoms with E-state index < -0.39 is 6.04 Å².